The first-order chi connectivity index (χ1) is 12.4. The molecule has 1 N–H and O–H groups in total. The molecule has 0 saturated heterocycles. The van der Waals surface area contributed by atoms with Crippen LogP contribution in [0.3, 0.4) is 0 Å². The molecular formula is C16H15Cl2N5O3. The van der Waals surface area contributed by atoms with Gasteiger partial charge in [-0.15, -0.1) is 0 Å². The SMILES string of the molecule is C[C@@H](Oc1ccc(Cl)cc1Cl)C(=O)NCc1nc(-c2cnn(C)c2)no1. The van der Waals surface area contributed by atoms with Gasteiger partial charge in [0.2, 0.25) is 11.7 Å². The lowest BCUT2D eigenvalue weighted by Gasteiger charge is -2.15. The number of nitrogens with one attached hydrogen (secondary N) is 1. The summed E-state index contributed by atoms with van der Waals surface area (Å²) in [4.78, 5) is 16.4. The summed E-state index contributed by atoms with van der Waals surface area (Å²) in [5.74, 6) is 0.695. The molecule has 0 fully saturated rings. The lowest BCUT2D eigenvalue weighted by molar-refractivity contribution is -0.127. The first-order valence-electron chi connectivity index (χ1n) is 7.63. The van der Waals surface area contributed by atoms with Gasteiger partial charge in [0.1, 0.15) is 5.75 Å². The van der Waals surface area contributed by atoms with Gasteiger partial charge in [-0.1, -0.05) is 28.4 Å². The zero-order valence-corrected chi connectivity index (χ0v) is 15.5. The Labute approximate surface area is 159 Å². The number of benzene rings is 1. The summed E-state index contributed by atoms with van der Waals surface area (Å²) in [7, 11) is 1.79. The molecule has 0 spiro atoms. The van der Waals surface area contributed by atoms with E-state index in [1.165, 1.54) is 0 Å². The molecule has 1 atom stereocenters. The van der Waals surface area contributed by atoms with Gasteiger partial charge in [-0.25, -0.2) is 0 Å². The van der Waals surface area contributed by atoms with Gasteiger partial charge in [-0.2, -0.15) is 10.1 Å². The van der Waals surface area contributed by atoms with Gasteiger partial charge in [0.25, 0.3) is 5.91 Å². The van der Waals surface area contributed by atoms with Crippen LogP contribution in [0.25, 0.3) is 11.4 Å². The highest BCUT2D eigenvalue weighted by molar-refractivity contribution is 6.35. The summed E-state index contributed by atoms with van der Waals surface area (Å²) >= 11 is 11.9. The number of carbonyl (C=O) groups excluding carboxylic acids is 1. The van der Waals surface area contributed by atoms with Crippen molar-refractivity contribution < 1.29 is 14.1 Å². The van der Waals surface area contributed by atoms with Gasteiger partial charge in [0, 0.05) is 18.3 Å². The molecule has 3 rings (SSSR count). The van der Waals surface area contributed by atoms with E-state index in [2.05, 4.69) is 20.6 Å². The van der Waals surface area contributed by atoms with Crippen LogP contribution in [0.4, 0.5) is 0 Å². The molecular weight excluding hydrogens is 381 g/mol. The van der Waals surface area contributed by atoms with Crippen molar-refractivity contribution in [3.8, 4) is 17.1 Å². The van der Waals surface area contributed by atoms with Crippen LogP contribution >= 0.6 is 23.2 Å². The fourth-order valence-electron chi connectivity index (χ4n) is 2.10. The summed E-state index contributed by atoms with van der Waals surface area (Å²) < 4.78 is 12.3. The van der Waals surface area contributed by atoms with Crippen molar-refractivity contribution in [2.45, 2.75) is 19.6 Å². The van der Waals surface area contributed by atoms with E-state index in [4.69, 9.17) is 32.5 Å². The summed E-state index contributed by atoms with van der Waals surface area (Å²) in [5.41, 5.74) is 0.725. The minimum Gasteiger partial charge on any atom is -0.479 e. The van der Waals surface area contributed by atoms with Gasteiger partial charge in [-0.05, 0) is 25.1 Å². The second kappa shape index (κ2) is 7.76. The Balaban J connectivity index is 1.55. The van der Waals surface area contributed by atoms with E-state index in [1.807, 2.05) is 0 Å². The lowest BCUT2D eigenvalue weighted by atomic mass is 10.3. The van der Waals surface area contributed by atoms with E-state index in [0.717, 1.165) is 5.56 Å². The number of ether oxygens (including phenoxy) is 1. The van der Waals surface area contributed by atoms with Crippen molar-refractivity contribution in [1.82, 2.24) is 25.2 Å². The lowest BCUT2D eigenvalue weighted by Crippen LogP contribution is -2.36. The molecule has 26 heavy (non-hydrogen) atoms. The largest absolute Gasteiger partial charge is 0.479 e. The monoisotopic (exact) mass is 395 g/mol. The smallest absolute Gasteiger partial charge is 0.261 e. The number of aryl methyl sites for hydroxylation is 1. The molecule has 0 radical (unpaired) electrons. The Bertz CT molecular complexity index is 924. The highest BCUT2D eigenvalue weighted by Gasteiger charge is 2.18. The minimum atomic E-state index is -0.769. The van der Waals surface area contributed by atoms with Crippen LogP contribution in [0.5, 0.6) is 5.75 Å². The highest BCUT2D eigenvalue weighted by atomic mass is 35.5. The number of rotatable bonds is 6. The van der Waals surface area contributed by atoms with E-state index in [-0.39, 0.29) is 18.3 Å². The molecule has 2 aromatic heterocycles. The van der Waals surface area contributed by atoms with E-state index in [9.17, 15) is 4.79 Å². The maximum atomic E-state index is 12.2. The van der Waals surface area contributed by atoms with E-state index < -0.39 is 6.10 Å². The number of nitrogens with zero attached hydrogens (tertiary/aromatic N) is 4. The molecule has 0 aliphatic carbocycles. The van der Waals surface area contributed by atoms with Crippen molar-refractivity contribution in [1.29, 1.82) is 0 Å². The molecule has 0 aliphatic heterocycles. The molecule has 0 bridgehead atoms. The first-order valence-corrected chi connectivity index (χ1v) is 8.39. The van der Waals surface area contributed by atoms with Crippen LogP contribution < -0.4 is 10.1 Å². The Morgan fingerprint density at radius 2 is 2.23 bits per heavy atom. The number of halogens is 2. The fourth-order valence-corrected chi connectivity index (χ4v) is 2.55. The van der Waals surface area contributed by atoms with Crippen molar-refractivity contribution in [3.05, 3.63) is 46.5 Å². The van der Waals surface area contributed by atoms with Crippen LogP contribution in [-0.4, -0.2) is 31.9 Å². The third kappa shape index (κ3) is 4.33. The molecule has 10 heteroatoms. The van der Waals surface area contributed by atoms with Gasteiger partial charge in [-0.3, -0.25) is 9.48 Å². The van der Waals surface area contributed by atoms with Crippen LogP contribution in [-0.2, 0) is 18.4 Å². The average Bonchev–Trinajstić information content (AvgIpc) is 3.24. The van der Waals surface area contributed by atoms with E-state index in [0.29, 0.717) is 21.6 Å². The predicted molar refractivity (Wildman–Crippen MR) is 94.9 cm³/mol. The quantitative estimate of drug-likeness (QED) is 0.689. The second-order valence-electron chi connectivity index (χ2n) is 5.47. The molecule has 1 amide bonds. The van der Waals surface area contributed by atoms with Crippen LogP contribution in [0.2, 0.25) is 10.0 Å². The molecule has 3 aromatic rings. The van der Waals surface area contributed by atoms with Crippen molar-refractivity contribution in [2.75, 3.05) is 0 Å². The zero-order chi connectivity index (χ0) is 18.7. The normalized spacial score (nSPS) is 12.0. The second-order valence-corrected chi connectivity index (χ2v) is 6.31. The zero-order valence-electron chi connectivity index (χ0n) is 13.9. The minimum absolute atomic E-state index is 0.0775. The average molecular weight is 396 g/mol. The maximum Gasteiger partial charge on any atom is 0.261 e. The molecule has 8 nitrogen and oxygen atoms in total. The van der Waals surface area contributed by atoms with Crippen LogP contribution in [0, 0.1) is 0 Å². The fraction of sp³-hybridized carbons (Fsp3) is 0.250. The van der Waals surface area contributed by atoms with Gasteiger partial charge < -0.3 is 14.6 Å². The number of aromatic nitrogens is 4. The molecule has 136 valence electrons. The molecule has 0 saturated carbocycles. The standard InChI is InChI=1S/C16H15Cl2N5O3/c1-9(25-13-4-3-11(17)5-12(13)18)16(24)19-7-14-21-15(22-26-14)10-6-20-23(2)8-10/h3-6,8-9H,7H2,1-2H3,(H,19,24)/t9-/m1/s1. The van der Waals surface area contributed by atoms with Crippen LogP contribution in [0.1, 0.15) is 12.8 Å². The summed E-state index contributed by atoms with van der Waals surface area (Å²) in [6.07, 6.45) is 2.62. The van der Waals surface area contributed by atoms with Crippen molar-refractivity contribution in [3.63, 3.8) is 0 Å². The Morgan fingerprint density at radius 3 is 2.92 bits per heavy atom. The van der Waals surface area contributed by atoms with Gasteiger partial charge in [0.15, 0.2) is 6.10 Å². The summed E-state index contributed by atoms with van der Waals surface area (Å²) in [6, 6.07) is 4.78. The van der Waals surface area contributed by atoms with E-state index >= 15 is 0 Å². The third-order valence-electron chi connectivity index (χ3n) is 3.41. The molecule has 0 unspecified atom stereocenters. The molecule has 1 aromatic carbocycles. The summed E-state index contributed by atoms with van der Waals surface area (Å²) in [6.45, 7) is 1.68. The topological polar surface area (TPSA) is 95.1 Å². The molecule has 0 aliphatic rings. The number of hydrogen-bond donors (Lipinski definition) is 1. The Kier molecular flexibility index (Phi) is 5.43. The number of hydrogen-bond acceptors (Lipinski definition) is 6. The Morgan fingerprint density at radius 1 is 1.42 bits per heavy atom. The van der Waals surface area contributed by atoms with Gasteiger partial charge >= 0.3 is 0 Å². The number of amides is 1. The maximum absolute atomic E-state index is 12.2. The van der Waals surface area contributed by atoms with Crippen molar-refractivity contribution in [2.24, 2.45) is 7.05 Å². The summed E-state index contributed by atoms with van der Waals surface area (Å²) in [5, 5.41) is 11.4. The van der Waals surface area contributed by atoms with E-state index in [1.54, 1.807) is 49.2 Å². The first kappa shape index (κ1) is 18.2. The van der Waals surface area contributed by atoms with Gasteiger partial charge in [0.05, 0.1) is 23.3 Å². The van der Waals surface area contributed by atoms with Crippen LogP contribution in [0.15, 0.2) is 35.1 Å². The third-order valence-corrected chi connectivity index (χ3v) is 3.94. The van der Waals surface area contributed by atoms with Crippen molar-refractivity contribution >= 4 is 29.1 Å². The predicted octanol–water partition coefficient (Wildman–Crippen LogP) is 2.86. The number of carbonyl (C=O) groups is 1. The molecule has 2 heterocycles. The highest BCUT2D eigenvalue weighted by Crippen LogP contribution is 2.28. The Hall–Kier alpha value is -2.58.